The van der Waals surface area contributed by atoms with Gasteiger partial charge in [-0.25, -0.2) is 0 Å². The number of hydrogen-bond donors (Lipinski definition) is 2. The van der Waals surface area contributed by atoms with Crippen LogP contribution in [0, 0.1) is 0 Å². The fourth-order valence-corrected chi connectivity index (χ4v) is 2.91. The fourth-order valence-electron chi connectivity index (χ4n) is 2.17. The monoisotopic (exact) mass is 428 g/mol. The first kappa shape index (κ1) is 19.2. The molecule has 0 aliphatic carbocycles. The van der Waals surface area contributed by atoms with Crippen LogP contribution in [-0.2, 0) is 4.79 Å². The third-order valence-corrected chi connectivity index (χ3v) is 4.12. The number of methoxy groups -OCH3 is 3. The van der Waals surface area contributed by atoms with E-state index in [0.29, 0.717) is 33.6 Å². The number of halogens is 2. The van der Waals surface area contributed by atoms with E-state index < -0.39 is 0 Å². The van der Waals surface area contributed by atoms with Gasteiger partial charge in [-0.1, -0.05) is 27.5 Å². The molecule has 0 atom stereocenters. The molecular formula is C17H18BrClN2O4. The molecule has 0 aliphatic rings. The van der Waals surface area contributed by atoms with E-state index in [2.05, 4.69) is 26.6 Å². The lowest BCUT2D eigenvalue weighted by atomic mass is 10.2. The molecule has 0 bridgehead atoms. The normalized spacial score (nSPS) is 10.1. The highest BCUT2D eigenvalue weighted by atomic mass is 79.9. The lowest BCUT2D eigenvalue weighted by Gasteiger charge is -2.15. The first-order valence-corrected chi connectivity index (χ1v) is 8.44. The molecule has 0 saturated carbocycles. The van der Waals surface area contributed by atoms with Crippen LogP contribution in [0.1, 0.15) is 0 Å². The molecule has 1 amide bonds. The topological polar surface area (TPSA) is 68.8 Å². The van der Waals surface area contributed by atoms with Crippen LogP contribution >= 0.6 is 27.5 Å². The van der Waals surface area contributed by atoms with E-state index in [1.807, 2.05) is 6.07 Å². The third kappa shape index (κ3) is 4.93. The molecule has 0 saturated heterocycles. The molecule has 8 heteroatoms. The number of carbonyl (C=O) groups is 1. The second kappa shape index (κ2) is 8.82. The molecule has 0 radical (unpaired) electrons. The SMILES string of the molecule is COc1cc(NC(=O)CNc2ccc(Br)cc2Cl)cc(OC)c1OC. The molecule has 0 aliphatic heterocycles. The Bertz CT molecular complexity index is 745. The van der Waals surface area contributed by atoms with Crippen LogP contribution < -0.4 is 24.8 Å². The Hall–Kier alpha value is -2.12. The molecule has 0 spiro atoms. The molecule has 6 nitrogen and oxygen atoms in total. The van der Waals surface area contributed by atoms with Crippen molar-refractivity contribution in [3.63, 3.8) is 0 Å². The van der Waals surface area contributed by atoms with Gasteiger partial charge in [0.1, 0.15) is 0 Å². The second-order valence-corrected chi connectivity index (χ2v) is 6.26. The lowest BCUT2D eigenvalue weighted by molar-refractivity contribution is -0.114. The van der Waals surface area contributed by atoms with Crippen molar-refractivity contribution in [3.8, 4) is 17.2 Å². The van der Waals surface area contributed by atoms with Crippen molar-refractivity contribution in [2.24, 2.45) is 0 Å². The zero-order valence-electron chi connectivity index (χ0n) is 14.0. The minimum Gasteiger partial charge on any atom is -0.493 e. The Kier molecular flexibility index (Phi) is 6.78. The third-order valence-electron chi connectivity index (χ3n) is 3.32. The van der Waals surface area contributed by atoms with Crippen molar-refractivity contribution in [3.05, 3.63) is 39.8 Å². The largest absolute Gasteiger partial charge is 0.493 e. The van der Waals surface area contributed by atoms with Crippen molar-refractivity contribution in [2.45, 2.75) is 0 Å². The zero-order valence-corrected chi connectivity index (χ0v) is 16.3. The maximum Gasteiger partial charge on any atom is 0.243 e. The lowest BCUT2D eigenvalue weighted by Crippen LogP contribution is -2.22. The summed E-state index contributed by atoms with van der Waals surface area (Å²) in [5.41, 5.74) is 1.20. The highest BCUT2D eigenvalue weighted by molar-refractivity contribution is 9.10. The van der Waals surface area contributed by atoms with Crippen molar-refractivity contribution in [1.29, 1.82) is 0 Å². The van der Waals surface area contributed by atoms with Gasteiger partial charge in [0, 0.05) is 22.3 Å². The van der Waals surface area contributed by atoms with Gasteiger partial charge < -0.3 is 24.8 Å². The smallest absolute Gasteiger partial charge is 0.243 e. The first-order chi connectivity index (χ1) is 12.0. The molecule has 134 valence electrons. The summed E-state index contributed by atoms with van der Waals surface area (Å²) in [5.74, 6) is 1.14. The van der Waals surface area contributed by atoms with E-state index in [1.165, 1.54) is 21.3 Å². The number of hydrogen-bond acceptors (Lipinski definition) is 5. The highest BCUT2D eigenvalue weighted by Gasteiger charge is 2.14. The maximum absolute atomic E-state index is 12.2. The van der Waals surface area contributed by atoms with Gasteiger partial charge in [-0.15, -0.1) is 0 Å². The fraction of sp³-hybridized carbons (Fsp3) is 0.235. The number of carbonyl (C=O) groups excluding carboxylic acids is 1. The molecule has 2 N–H and O–H groups in total. The summed E-state index contributed by atoms with van der Waals surface area (Å²) in [7, 11) is 4.55. The van der Waals surface area contributed by atoms with Crippen LogP contribution in [0.4, 0.5) is 11.4 Å². The molecular weight excluding hydrogens is 412 g/mol. The summed E-state index contributed by atoms with van der Waals surface area (Å²) in [6, 6.07) is 8.70. The minimum absolute atomic E-state index is 0.0536. The number of benzene rings is 2. The van der Waals surface area contributed by atoms with Crippen LogP contribution in [0.15, 0.2) is 34.8 Å². The quantitative estimate of drug-likeness (QED) is 0.691. The van der Waals surface area contributed by atoms with E-state index >= 15 is 0 Å². The molecule has 2 aromatic carbocycles. The molecule has 2 aromatic rings. The number of rotatable bonds is 7. The Morgan fingerprint density at radius 1 is 1.08 bits per heavy atom. The predicted octanol–water partition coefficient (Wildman–Crippen LogP) is 4.18. The molecule has 0 fully saturated rings. The minimum atomic E-state index is -0.242. The van der Waals surface area contributed by atoms with Gasteiger partial charge in [0.2, 0.25) is 11.7 Å². The molecule has 25 heavy (non-hydrogen) atoms. The molecule has 0 heterocycles. The number of nitrogens with one attached hydrogen (secondary N) is 2. The Morgan fingerprint density at radius 3 is 2.24 bits per heavy atom. The van der Waals surface area contributed by atoms with Crippen LogP contribution in [0.3, 0.4) is 0 Å². The van der Waals surface area contributed by atoms with Crippen LogP contribution in [0.25, 0.3) is 0 Å². The molecule has 0 aromatic heterocycles. The standard InChI is InChI=1S/C17H18BrClN2O4/c1-23-14-7-11(8-15(24-2)17(14)25-3)21-16(22)9-20-13-5-4-10(18)6-12(13)19/h4-8,20H,9H2,1-3H3,(H,21,22). The summed E-state index contributed by atoms with van der Waals surface area (Å²) in [6.45, 7) is 0.0536. The molecule has 0 unspecified atom stereocenters. The maximum atomic E-state index is 12.2. The highest BCUT2D eigenvalue weighted by Crippen LogP contribution is 2.39. The second-order valence-electron chi connectivity index (χ2n) is 4.94. The van der Waals surface area contributed by atoms with Crippen LogP contribution in [-0.4, -0.2) is 33.8 Å². The Balaban J connectivity index is 2.07. The zero-order chi connectivity index (χ0) is 18.4. The van der Waals surface area contributed by atoms with Gasteiger partial charge in [0.05, 0.1) is 38.6 Å². The number of amides is 1. The Morgan fingerprint density at radius 2 is 1.72 bits per heavy atom. The van der Waals surface area contributed by atoms with E-state index in [9.17, 15) is 4.79 Å². The van der Waals surface area contributed by atoms with Crippen molar-refractivity contribution < 1.29 is 19.0 Å². The summed E-state index contributed by atoms with van der Waals surface area (Å²) >= 11 is 9.45. The van der Waals surface area contributed by atoms with Crippen molar-refractivity contribution in [2.75, 3.05) is 38.5 Å². The average molecular weight is 430 g/mol. The van der Waals surface area contributed by atoms with Gasteiger partial charge in [0.15, 0.2) is 11.5 Å². The predicted molar refractivity (Wildman–Crippen MR) is 102 cm³/mol. The summed E-state index contributed by atoms with van der Waals surface area (Å²) in [5, 5.41) is 6.29. The van der Waals surface area contributed by atoms with Gasteiger partial charge in [-0.05, 0) is 18.2 Å². The van der Waals surface area contributed by atoms with Crippen LogP contribution in [0.2, 0.25) is 5.02 Å². The van der Waals surface area contributed by atoms with Gasteiger partial charge in [-0.2, -0.15) is 0 Å². The molecule has 2 rings (SSSR count). The number of ether oxygens (including phenoxy) is 3. The van der Waals surface area contributed by atoms with Gasteiger partial charge in [0.25, 0.3) is 0 Å². The first-order valence-electron chi connectivity index (χ1n) is 7.27. The number of anilines is 2. The van der Waals surface area contributed by atoms with Crippen LogP contribution in [0.5, 0.6) is 17.2 Å². The van der Waals surface area contributed by atoms with E-state index in [1.54, 1.807) is 24.3 Å². The van der Waals surface area contributed by atoms with Gasteiger partial charge >= 0.3 is 0 Å². The summed E-state index contributed by atoms with van der Waals surface area (Å²) in [4.78, 5) is 12.2. The van der Waals surface area contributed by atoms with E-state index in [0.717, 1.165) is 4.47 Å². The van der Waals surface area contributed by atoms with E-state index in [4.69, 9.17) is 25.8 Å². The summed E-state index contributed by atoms with van der Waals surface area (Å²) < 4.78 is 16.6. The summed E-state index contributed by atoms with van der Waals surface area (Å²) in [6.07, 6.45) is 0. The van der Waals surface area contributed by atoms with Crippen molar-refractivity contribution >= 4 is 44.8 Å². The van der Waals surface area contributed by atoms with Crippen molar-refractivity contribution in [1.82, 2.24) is 0 Å². The Labute approximate surface area is 159 Å². The average Bonchev–Trinajstić information content (AvgIpc) is 2.60. The van der Waals surface area contributed by atoms with E-state index in [-0.39, 0.29) is 12.5 Å². The van der Waals surface area contributed by atoms with Gasteiger partial charge in [-0.3, -0.25) is 4.79 Å².